The molecular weight excluding hydrogens is 254 g/mol. The van der Waals surface area contributed by atoms with Crippen molar-refractivity contribution in [3.8, 4) is 0 Å². The second kappa shape index (κ2) is 5.91. The molecule has 0 saturated carbocycles. The van der Waals surface area contributed by atoms with Gasteiger partial charge in [0, 0.05) is 6.54 Å². The number of benzene rings is 1. The summed E-state index contributed by atoms with van der Waals surface area (Å²) in [5, 5.41) is 2.89. The number of rotatable bonds is 4. The van der Waals surface area contributed by atoms with Crippen LogP contribution in [0.25, 0.3) is 0 Å². The summed E-state index contributed by atoms with van der Waals surface area (Å²) < 4.78 is 0. The summed E-state index contributed by atoms with van der Waals surface area (Å²) in [4.78, 5) is 11.4. The molecule has 0 aliphatic heterocycles. The molecule has 1 unspecified atom stereocenters. The van der Waals surface area contributed by atoms with Crippen molar-refractivity contribution >= 4 is 21.8 Å². The fourth-order valence-corrected chi connectivity index (χ4v) is 1.63. The molecule has 0 fully saturated rings. The quantitative estimate of drug-likeness (QED) is 0.837. The molecule has 0 bridgehead atoms. The average molecular weight is 270 g/mol. The van der Waals surface area contributed by atoms with Crippen LogP contribution in [0.1, 0.15) is 24.2 Å². The number of hydrogen-bond donors (Lipinski definition) is 1. The van der Waals surface area contributed by atoms with Crippen LogP contribution in [0.5, 0.6) is 0 Å². The van der Waals surface area contributed by atoms with Gasteiger partial charge < -0.3 is 5.32 Å². The van der Waals surface area contributed by atoms with Crippen LogP contribution in [0.3, 0.4) is 0 Å². The number of alkyl halides is 1. The number of amides is 1. The molecule has 1 aromatic rings. The van der Waals surface area contributed by atoms with Gasteiger partial charge in [0.15, 0.2) is 0 Å². The maximum absolute atomic E-state index is 11.7. The molecule has 1 rings (SSSR count). The zero-order chi connectivity index (χ0) is 11.3. The first-order chi connectivity index (χ1) is 7.11. The fraction of sp³-hybridized carbons (Fsp3) is 0.417. The molecule has 0 aliphatic carbocycles. The van der Waals surface area contributed by atoms with Gasteiger partial charge >= 0.3 is 0 Å². The van der Waals surface area contributed by atoms with Crippen LogP contribution in [0.2, 0.25) is 0 Å². The first-order valence-corrected chi connectivity index (χ1v) is 5.99. The van der Waals surface area contributed by atoms with E-state index >= 15 is 0 Å². The minimum Gasteiger partial charge on any atom is -0.355 e. The minimum absolute atomic E-state index is 0.0231. The molecular formula is C12H16BrNO. The first kappa shape index (κ1) is 12.2. The fourth-order valence-electron chi connectivity index (χ4n) is 1.17. The Hall–Kier alpha value is -0.830. The standard InChI is InChI=1S/C12H16BrNO/c1-9(2)8-14-12(15)11(13)10-6-4-3-5-7-10/h3-7,9,11H,8H2,1-2H3,(H,14,15). The van der Waals surface area contributed by atoms with Crippen LogP contribution in [0.4, 0.5) is 0 Å². The van der Waals surface area contributed by atoms with Crippen molar-refractivity contribution in [1.29, 1.82) is 0 Å². The summed E-state index contributed by atoms with van der Waals surface area (Å²) in [6.07, 6.45) is 0. The number of hydrogen-bond acceptors (Lipinski definition) is 1. The zero-order valence-electron chi connectivity index (χ0n) is 9.03. The molecule has 0 radical (unpaired) electrons. The van der Waals surface area contributed by atoms with Crippen LogP contribution in [0.15, 0.2) is 30.3 Å². The topological polar surface area (TPSA) is 29.1 Å². The Morgan fingerprint density at radius 3 is 2.47 bits per heavy atom. The van der Waals surface area contributed by atoms with Crippen molar-refractivity contribution < 1.29 is 4.79 Å². The molecule has 0 aliphatic rings. The zero-order valence-corrected chi connectivity index (χ0v) is 10.6. The van der Waals surface area contributed by atoms with Gasteiger partial charge in [0.05, 0.1) is 0 Å². The lowest BCUT2D eigenvalue weighted by Crippen LogP contribution is -2.30. The minimum atomic E-state index is -0.252. The van der Waals surface area contributed by atoms with Crippen LogP contribution >= 0.6 is 15.9 Å². The van der Waals surface area contributed by atoms with E-state index in [0.717, 1.165) is 5.56 Å². The van der Waals surface area contributed by atoms with E-state index in [-0.39, 0.29) is 10.7 Å². The Morgan fingerprint density at radius 1 is 1.33 bits per heavy atom. The van der Waals surface area contributed by atoms with Crippen molar-refractivity contribution in [2.75, 3.05) is 6.54 Å². The molecule has 1 aromatic carbocycles. The highest BCUT2D eigenvalue weighted by Gasteiger charge is 2.16. The largest absolute Gasteiger partial charge is 0.355 e. The maximum Gasteiger partial charge on any atom is 0.238 e. The lowest BCUT2D eigenvalue weighted by Gasteiger charge is -2.12. The van der Waals surface area contributed by atoms with E-state index in [9.17, 15) is 4.79 Å². The van der Waals surface area contributed by atoms with Gasteiger partial charge in [-0.15, -0.1) is 0 Å². The summed E-state index contributed by atoms with van der Waals surface area (Å²) in [6, 6.07) is 9.68. The van der Waals surface area contributed by atoms with Gasteiger partial charge in [-0.2, -0.15) is 0 Å². The number of carbonyl (C=O) groups is 1. The van der Waals surface area contributed by atoms with Gasteiger partial charge in [0.2, 0.25) is 5.91 Å². The normalized spacial score (nSPS) is 12.5. The summed E-state index contributed by atoms with van der Waals surface area (Å²) in [6.45, 7) is 4.87. The molecule has 1 amide bonds. The van der Waals surface area contributed by atoms with Crippen LogP contribution in [-0.2, 0) is 4.79 Å². The highest BCUT2D eigenvalue weighted by atomic mass is 79.9. The smallest absolute Gasteiger partial charge is 0.238 e. The third-order valence-electron chi connectivity index (χ3n) is 2.01. The predicted octanol–water partition coefficient (Wildman–Crippen LogP) is 2.89. The Bertz CT molecular complexity index is 311. The molecule has 1 N–H and O–H groups in total. The van der Waals surface area contributed by atoms with E-state index in [0.29, 0.717) is 12.5 Å². The molecule has 1 atom stereocenters. The van der Waals surface area contributed by atoms with Crippen LogP contribution in [0, 0.1) is 5.92 Å². The summed E-state index contributed by atoms with van der Waals surface area (Å²) >= 11 is 3.39. The van der Waals surface area contributed by atoms with E-state index in [1.54, 1.807) is 0 Å². The van der Waals surface area contributed by atoms with E-state index in [4.69, 9.17) is 0 Å². The van der Waals surface area contributed by atoms with E-state index in [2.05, 4.69) is 35.1 Å². The Morgan fingerprint density at radius 2 is 1.93 bits per heavy atom. The van der Waals surface area contributed by atoms with Crippen molar-refractivity contribution in [2.24, 2.45) is 5.92 Å². The maximum atomic E-state index is 11.7. The third-order valence-corrected chi connectivity index (χ3v) is 2.95. The molecule has 0 spiro atoms. The third kappa shape index (κ3) is 4.04. The first-order valence-electron chi connectivity index (χ1n) is 5.08. The molecule has 0 heterocycles. The lowest BCUT2D eigenvalue weighted by molar-refractivity contribution is -0.120. The highest BCUT2D eigenvalue weighted by Crippen LogP contribution is 2.22. The summed E-state index contributed by atoms with van der Waals surface area (Å²) in [5.74, 6) is 0.499. The number of nitrogens with one attached hydrogen (secondary N) is 1. The van der Waals surface area contributed by atoms with Gasteiger partial charge in [-0.05, 0) is 11.5 Å². The second-order valence-electron chi connectivity index (χ2n) is 3.91. The average Bonchev–Trinajstić information content (AvgIpc) is 2.26. The molecule has 15 heavy (non-hydrogen) atoms. The Kier molecular flexibility index (Phi) is 4.82. The van der Waals surface area contributed by atoms with Gasteiger partial charge in [0.25, 0.3) is 0 Å². The Balaban J connectivity index is 2.54. The highest BCUT2D eigenvalue weighted by molar-refractivity contribution is 9.09. The second-order valence-corrected chi connectivity index (χ2v) is 4.83. The summed E-state index contributed by atoms with van der Waals surface area (Å²) in [7, 11) is 0. The van der Waals surface area contributed by atoms with Gasteiger partial charge in [-0.3, -0.25) is 4.79 Å². The van der Waals surface area contributed by atoms with E-state index < -0.39 is 0 Å². The predicted molar refractivity (Wildman–Crippen MR) is 66.0 cm³/mol. The van der Waals surface area contributed by atoms with Crippen molar-refractivity contribution in [2.45, 2.75) is 18.7 Å². The van der Waals surface area contributed by atoms with Crippen molar-refractivity contribution in [1.82, 2.24) is 5.32 Å². The van der Waals surface area contributed by atoms with Crippen molar-refractivity contribution in [3.05, 3.63) is 35.9 Å². The van der Waals surface area contributed by atoms with Crippen molar-refractivity contribution in [3.63, 3.8) is 0 Å². The molecule has 3 heteroatoms. The Labute approximate surface area is 99.2 Å². The lowest BCUT2D eigenvalue weighted by atomic mass is 10.1. The van der Waals surface area contributed by atoms with Gasteiger partial charge in [0.1, 0.15) is 4.83 Å². The van der Waals surface area contributed by atoms with E-state index in [1.807, 2.05) is 30.3 Å². The number of carbonyl (C=O) groups excluding carboxylic acids is 1. The van der Waals surface area contributed by atoms with Crippen LogP contribution < -0.4 is 5.32 Å². The molecule has 0 saturated heterocycles. The molecule has 82 valence electrons. The van der Waals surface area contributed by atoms with Gasteiger partial charge in [-0.25, -0.2) is 0 Å². The monoisotopic (exact) mass is 269 g/mol. The van der Waals surface area contributed by atoms with Crippen LogP contribution in [-0.4, -0.2) is 12.5 Å². The van der Waals surface area contributed by atoms with Gasteiger partial charge in [-0.1, -0.05) is 60.1 Å². The van der Waals surface area contributed by atoms with E-state index in [1.165, 1.54) is 0 Å². The summed E-state index contributed by atoms with van der Waals surface area (Å²) in [5.41, 5.74) is 0.985. The SMILES string of the molecule is CC(C)CNC(=O)C(Br)c1ccccc1. The molecule has 0 aromatic heterocycles. The molecule has 2 nitrogen and oxygen atoms in total. The number of halogens is 1.